The second-order valence-electron chi connectivity index (χ2n) is 11.5. The topological polar surface area (TPSA) is 103 Å². The van der Waals surface area contributed by atoms with Crippen LogP contribution in [0.2, 0.25) is 0 Å². The number of esters is 1. The summed E-state index contributed by atoms with van der Waals surface area (Å²) in [6, 6.07) is -0.248. The van der Waals surface area contributed by atoms with Gasteiger partial charge in [-0.2, -0.15) is 0 Å². The molecule has 2 fully saturated rings. The van der Waals surface area contributed by atoms with Gasteiger partial charge in [-0.3, -0.25) is 9.59 Å². The third-order valence-electron chi connectivity index (χ3n) is 6.02. The standard InChI is InChI=1S/C28H45NO7.H2/c1-19(8-11-23-14-21(16-30)15-28(6,7)36-23)9-13-25-33-17-22(18-34-25)29-24(31)12-10-20(2)35-26(32)27(3,4)5;/h8-12,20-23,25,30H,13-18H2,1-7H3,(H,29,31);1H/b11-8+,12-10-,19-9+;/t20-,21?,22?,23+,25?;/m0./s1. The van der Waals surface area contributed by atoms with Crippen molar-refractivity contribution in [3.8, 4) is 0 Å². The Kier molecular flexibility index (Phi) is 11.3. The molecule has 0 bridgehead atoms. The van der Waals surface area contributed by atoms with E-state index in [2.05, 4.69) is 31.3 Å². The van der Waals surface area contributed by atoms with Crippen molar-refractivity contribution in [1.82, 2.24) is 5.32 Å². The molecule has 2 rings (SSSR count). The Balaban J connectivity index is 0.00000684. The first-order valence-corrected chi connectivity index (χ1v) is 12.8. The van der Waals surface area contributed by atoms with Crippen LogP contribution in [0.3, 0.4) is 0 Å². The third kappa shape index (κ3) is 10.9. The molecule has 8 heteroatoms. The van der Waals surface area contributed by atoms with E-state index in [1.807, 2.05) is 13.0 Å². The molecule has 0 radical (unpaired) electrons. The maximum Gasteiger partial charge on any atom is 0.311 e. The molecule has 0 aliphatic carbocycles. The highest BCUT2D eigenvalue weighted by molar-refractivity contribution is 5.87. The van der Waals surface area contributed by atoms with Crippen molar-refractivity contribution in [2.45, 2.75) is 97.9 Å². The zero-order valence-electron chi connectivity index (χ0n) is 22.9. The van der Waals surface area contributed by atoms with Crippen LogP contribution in [0.1, 0.15) is 69.2 Å². The number of hydrogen-bond donors (Lipinski definition) is 2. The summed E-state index contributed by atoms with van der Waals surface area (Å²) in [4.78, 5) is 24.1. The minimum Gasteiger partial charge on any atom is -0.458 e. The molecule has 2 N–H and O–H groups in total. The van der Waals surface area contributed by atoms with E-state index in [4.69, 9.17) is 18.9 Å². The first-order valence-electron chi connectivity index (χ1n) is 12.8. The van der Waals surface area contributed by atoms with Gasteiger partial charge in [-0.25, -0.2) is 0 Å². The molecule has 206 valence electrons. The highest BCUT2D eigenvalue weighted by Crippen LogP contribution is 2.32. The Hall–Kier alpha value is -2.00. The van der Waals surface area contributed by atoms with Crippen molar-refractivity contribution in [2.24, 2.45) is 11.3 Å². The average molecular weight is 510 g/mol. The first-order chi connectivity index (χ1) is 16.8. The molecule has 1 amide bonds. The molecule has 8 nitrogen and oxygen atoms in total. The normalized spacial score (nSPS) is 28.3. The van der Waals surface area contributed by atoms with Gasteiger partial charge < -0.3 is 29.4 Å². The van der Waals surface area contributed by atoms with Gasteiger partial charge in [-0.1, -0.05) is 23.8 Å². The molecule has 2 aliphatic heterocycles. The summed E-state index contributed by atoms with van der Waals surface area (Å²) in [5, 5.41) is 12.4. The molecule has 0 saturated carbocycles. The lowest BCUT2D eigenvalue weighted by atomic mass is 9.86. The number of nitrogens with one attached hydrogen (secondary N) is 1. The summed E-state index contributed by atoms with van der Waals surface area (Å²) >= 11 is 0. The molecular formula is C28H47NO7. The Labute approximate surface area is 217 Å². The minimum absolute atomic E-state index is 0. The Bertz CT molecular complexity index is 823. The van der Waals surface area contributed by atoms with Crippen molar-refractivity contribution in [3.05, 3.63) is 36.0 Å². The smallest absolute Gasteiger partial charge is 0.311 e. The summed E-state index contributed by atoms with van der Waals surface area (Å²) in [7, 11) is 0. The fourth-order valence-corrected chi connectivity index (χ4v) is 4.10. The molecule has 2 aliphatic rings. The number of aliphatic hydroxyl groups excluding tert-OH is 1. The number of hydrogen-bond acceptors (Lipinski definition) is 7. The van der Waals surface area contributed by atoms with Crippen molar-refractivity contribution in [2.75, 3.05) is 19.8 Å². The molecule has 0 aromatic heterocycles. The van der Waals surface area contributed by atoms with E-state index in [9.17, 15) is 14.7 Å². The van der Waals surface area contributed by atoms with Crippen LogP contribution in [0.5, 0.6) is 0 Å². The lowest BCUT2D eigenvalue weighted by Gasteiger charge is -2.39. The van der Waals surface area contributed by atoms with Gasteiger partial charge in [0.15, 0.2) is 6.29 Å². The average Bonchev–Trinajstić information content (AvgIpc) is 2.79. The summed E-state index contributed by atoms with van der Waals surface area (Å²) in [6.45, 7) is 14.1. The van der Waals surface area contributed by atoms with E-state index in [0.29, 0.717) is 19.6 Å². The monoisotopic (exact) mass is 509 g/mol. The zero-order chi connectivity index (χ0) is 26.9. The second-order valence-corrected chi connectivity index (χ2v) is 11.5. The number of amides is 1. The van der Waals surface area contributed by atoms with Crippen molar-refractivity contribution >= 4 is 11.9 Å². The van der Waals surface area contributed by atoms with E-state index >= 15 is 0 Å². The molecule has 36 heavy (non-hydrogen) atoms. The van der Waals surface area contributed by atoms with Gasteiger partial charge in [0.05, 0.1) is 36.4 Å². The number of carbonyl (C=O) groups is 2. The summed E-state index contributed by atoms with van der Waals surface area (Å²) in [6.07, 6.45) is 10.5. The van der Waals surface area contributed by atoms with E-state index in [1.165, 1.54) is 6.08 Å². The van der Waals surface area contributed by atoms with Crippen molar-refractivity contribution in [3.63, 3.8) is 0 Å². The molecule has 0 aromatic rings. The lowest BCUT2D eigenvalue weighted by Crippen LogP contribution is -2.46. The zero-order valence-corrected chi connectivity index (χ0v) is 22.9. The SMILES string of the molecule is CC(/C=C/[C@@H]1CC(CO)CC(C)(C)O1)=C\CC1OCC(NC(=O)/C=C\[C@H](C)OC(=O)C(C)(C)C)CO1.[HH]. The first kappa shape index (κ1) is 30.2. The van der Waals surface area contributed by atoms with Crippen LogP contribution in [-0.2, 0) is 28.5 Å². The molecule has 3 atom stereocenters. The number of aliphatic hydroxyl groups is 1. The van der Waals surface area contributed by atoms with E-state index in [1.54, 1.807) is 33.8 Å². The van der Waals surface area contributed by atoms with E-state index in [-0.39, 0.29) is 49.9 Å². The van der Waals surface area contributed by atoms with E-state index < -0.39 is 11.5 Å². The Morgan fingerprint density at radius 1 is 1.22 bits per heavy atom. The molecule has 0 aromatic carbocycles. The summed E-state index contributed by atoms with van der Waals surface area (Å²) in [5.41, 5.74) is 0.255. The van der Waals surface area contributed by atoms with Crippen LogP contribution in [0.4, 0.5) is 0 Å². The molecule has 0 spiro atoms. The third-order valence-corrected chi connectivity index (χ3v) is 6.02. The van der Waals surface area contributed by atoms with Gasteiger partial charge in [0.2, 0.25) is 5.91 Å². The molecule has 2 saturated heterocycles. The van der Waals surface area contributed by atoms with Crippen LogP contribution in [0.15, 0.2) is 36.0 Å². The highest BCUT2D eigenvalue weighted by atomic mass is 16.7. The number of allylic oxidation sites excluding steroid dienone is 2. The van der Waals surface area contributed by atoms with Gasteiger partial charge in [0.1, 0.15) is 6.10 Å². The van der Waals surface area contributed by atoms with Gasteiger partial charge >= 0.3 is 5.97 Å². The van der Waals surface area contributed by atoms with Gasteiger partial charge in [0.25, 0.3) is 0 Å². The quantitative estimate of drug-likeness (QED) is 0.274. The fraction of sp³-hybridized carbons (Fsp3) is 0.714. The van der Waals surface area contributed by atoms with Gasteiger partial charge in [0, 0.05) is 20.5 Å². The molecular weight excluding hydrogens is 462 g/mol. The predicted molar refractivity (Wildman–Crippen MR) is 140 cm³/mol. The number of ether oxygens (including phenoxy) is 4. The second kappa shape index (κ2) is 13.5. The maximum atomic E-state index is 12.2. The number of carbonyl (C=O) groups excluding carboxylic acids is 2. The minimum atomic E-state index is -0.591. The fourth-order valence-electron chi connectivity index (χ4n) is 4.10. The molecule has 2 heterocycles. The van der Waals surface area contributed by atoms with Crippen LogP contribution in [-0.4, -0.2) is 66.9 Å². The summed E-state index contributed by atoms with van der Waals surface area (Å²) < 4.78 is 22.9. The Morgan fingerprint density at radius 3 is 2.50 bits per heavy atom. The van der Waals surface area contributed by atoms with Crippen LogP contribution < -0.4 is 5.32 Å². The lowest BCUT2D eigenvalue weighted by molar-refractivity contribution is -0.187. The van der Waals surface area contributed by atoms with Crippen molar-refractivity contribution < 1.29 is 35.1 Å². The largest absolute Gasteiger partial charge is 0.458 e. The molecule has 1 unspecified atom stereocenters. The highest BCUT2D eigenvalue weighted by Gasteiger charge is 2.33. The maximum absolute atomic E-state index is 12.2. The van der Waals surface area contributed by atoms with Gasteiger partial charge in [-0.15, -0.1) is 0 Å². The predicted octanol–water partition coefficient (Wildman–Crippen LogP) is 4.08. The van der Waals surface area contributed by atoms with Crippen LogP contribution in [0.25, 0.3) is 0 Å². The van der Waals surface area contributed by atoms with Crippen LogP contribution in [0, 0.1) is 11.3 Å². The summed E-state index contributed by atoms with van der Waals surface area (Å²) in [5.74, 6) is -0.349. The van der Waals surface area contributed by atoms with Crippen LogP contribution >= 0.6 is 0 Å². The van der Waals surface area contributed by atoms with Gasteiger partial charge in [-0.05, 0) is 73.3 Å². The number of rotatable bonds is 9. The van der Waals surface area contributed by atoms with Crippen molar-refractivity contribution in [1.29, 1.82) is 0 Å². The Morgan fingerprint density at radius 2 is 1.89 bits per heavy atom. The van der Waals surface area contributed by atoms with E-state index in [0.717, 1.165) is 18.4 Å².